The summed E-state index contributed by atoms with van der Waals surface area (Å²) in [7, 11) is 0. The molecule has 2 fully saturated rings. The Morgan fingerprint density at radius 1 is 1.53 bits per heavy atom. The highest BCUT2D eigenvalue weighted by molar-refractivity contribution is 5.79. The van der Waals surface area contributed by atoms with Crippen LogP contribution in [0.1, 0.15) is 0 Å². The van der Waals surface area contributed by atoms with Gasteiger partial charge in [0.25, 0.3) is 0 Å². The third-order valence-corrected chi connectivity index (χ3v) is 2.89. The lowest BCUT2D eigenvalue weighted by molar-refractivity contribution is -0.133. The second kappa shape index (κ2) is 4.06. The van der Waals surface area contributed by atoms with Gasteiger partial charge < -0.3 is 20.2 Å². The third kappa shape index (κ3) is 2.20. The molecule has 2 aliphatic rings. The molecule has 15 heavy (non-hydrogen) atoms. The fraction of sp³-hybridized carbons (Fsp3) is 0.778. The van der Waals surface area contributed by atoms with Crippen molar-refractivity contribution in [3.63, 3.8) is 0 Å². The molecule has 0 saturated carbocycles. The van der Waals surface area contributed by atoms with E-state index in [0.717, 1.165) is 13.1 Å². The van der Waals surface area contributed by atoms with Crippen LogP contribution in [0.4, 0.5) is 4.79 Å². The van der Waals surface area contributed by atoms with E-state index in [1.165, 1.54) is 4.90 Å². The van der Waals surface area contributed by atoms with Crippen LogP contribution in [-0.4, -0.2) is 66.2 Å². The lowest BCUT2D eigenvalue weighted by Crippen LogP contribution is -2.57. The number of piperazine rings is 1. The molecule has 0 atom stereocenters. The number of hydrogen-bond donors (Lipinski definition) is 2. The zero-order valence-corrected chi connectivity index (χ0v) is 8.48. The minimum Gasteiger partial charge on any atom is -0.465 e. The zero-order chi connectivity index (χ0) is 10.8. The van der Waals surface area contributed by atoms with Crippen LogP contribution in [0, 0.1) is 5.92 Å². The first-order valence-electron chi connectivity index (χ1n) is 5.13. The Hall–Kier alpha value is -1.30. The summed E-state index contributed by atoms with van der Waals surface area (Å²) in [5.41, 5.74) is 0. The minimum absolute atomic E-state index is 0.120. The summed E-state index contributed by atoms with van der Waals surface area (Å²) in [6, 6.07) is 0. The number of carbonyl (C=O) groups is 2. The van der Waals surface area contributed by atoms with E-state index in [1.807, 2.05) is 4.90 Å². The Labute approximate surface area is 87.8 Å². The molecule has 2 heterocycles. The Balaban J connectivity index is 1.74. The number of hydrogen-bond acceptors (Lipinski definition) is 3. The number of carbonyl (C=O) groups excluding carboxylic acids is 1. The van der Waals surface area contributed by atoms with Gasteiger partial charge in [-0.25, -0.2) is 4.79 Å². The maximum absolute atomic E-state index is 11.4. The van der Waals surface area contributed by atoms with Gasteiger partial charge >= 0.3 is 6.09 Å². The predicted octanol–water partition coefficient (Wildman–Crippen LogP) is -0.972. The van der Waals surface area contributed by atoms with E-state index >= 15 is 0 Å². The molecule has 84 valence electrons. The third-order valence-electron chi connectivity index (χ3n) is 2.89. The second-order valence-corrected chi connectivity index (χ2v) is 4.07. The summed E-state index contributed by atoms with van der Waals surface area (Å²) in [6.07, 6.45) is -0.863. The predicted molar refractivity (Wildman–Crippen MR) is 52.5 cm³/mol. The fourth-order valence-electron chi connectivity index (χ4n) is 1.99. The van der Waals surface area contributed by atoms with E-state index < -0.39 is 6.09 Å². The molecule has 0 bridgehead atoms. The summed E-state index contributed by atoms with van der Waals surface area (Å²) < 4.78 is 0. The lowest BCUT2D eigenvalue weighted by Gasteiger charge is -2.40. The molecule has 0 radical (unpaired) electrons. The molecular formula is C9H15N3O3. The normalized spacial score (nSPS) is 22.8. The average molecular weight is 213 g/mol. The Bertz CT molecular complexity index is 276. The van der Waals surface area contributed by atoms with E-state index in [2.05, 4.69) is 5.32 Å². The molecule has 0 aromatic rings. The molecule has 2 saturated heterocycles. The quantitative estimate of drug-likeness (QED) is 0.619. The van der Waals surface area contributed by atoms with E-state index in [0.29, 0.717) is 32.1 Å². The number of nitrogens with zero attached hydrogens (tertiary/aromatic N) is 2. The monoisotopic (exact) mass is 213 g/mol. The van der Waals surface area contributed by atoms with Gasteiger partial charge in [-0.05, 0) is 0 Å². The molecule has 0 aromatic carbocycles. The topological polar surface area (TPSA) is 72.9 Å². The molecule has 0 spiro atoms. The second-order valence-electron chi connectivity index (χ2n) is 4.07. The summed E-state index contributed by atoms with van der Waals surface area (Å²) in [5, 5.41) is 11.6. The van der Waals surface area contributed by atoms with Crippen molar-refractivity contribution in [1.82, 2.24) is 15.1 Å². The van der Waals surface area contributed by atoms with Crippen LogP contribution < -0.4 is 5.32 Å². The van der Waals surface area contributed by atoms with Crippen LogP contribution in [0.25, 0.3) is 0 Å². The first-order valence-corrected chi connectivity index (χ1v) is 5.13. The van der Waals surface area contributed by atoms with Gasteiger partial charge in [-0.2, -0.15) is 0 Å². The van der Waals surface area contributed by atoms with Gasteiger partial charge in [0, 0.05) is 38.6 Å². The molecule has 2 amide bonds. The van der Waals surface area contributed by atoms with Crippen molar-refractivity contribution >= 4 is 12.0 Å². The van der Waals surface area contributed by atoms with Crippen molar-refractivity contribution in [3.05, 3.63) is 0 Å². The first kappa shape index (κ1) is 10.2. The van der Waals surface area contributed by atoms with Crippen molar-refractivity contribution in [3.8, 4) is 0 Å². The van der Waals surface area contributed by atoms with Crippen LogP contribution in [-0.2, 0) is 4.79 Å². The van der Waals surface area contributed by atoms with Crippen LogP contribution in [0.15, 0.2) is 0 Å². The highest BCUT2D eigenvalue weighted by Gasteiger charge is 2.33. The number of carboxylic acid groups (broad SMARTS) is 1. The van der Waals surface area contributed by atoms with Gasteiger partial charge in [0.15, 0.2) is 0 Å². The summed E-state index contributed by atoms with van der Waals surface area (Å²) >= 11 is 0. The van der Waals surface area contributed by atoms with Gasteiger partial charge in [-0.3, -0.25) is 4.79 Å². The minimum atomic E-state index is -0.863. The van der Waals surface area contributed by atoms with Crippen molar-refractivity contribution < 1.29 is 14.7 Å². The molecule has 0 aliphatic carbocycles. The lowest BCUT2D eigenvalue weighted by atomic mass is 10.00. The van der Waals surface area contributed by atoms with Crippen molar-refractivity contribution in [1.29, 1.82) is 0 Å². The molecule has 6 heteroatoms. The zero-order valence-electron chi connectivity index (χ0n) is 8.48. The first-order chi connectivity index (χ1) is 7.16. The molecule has 2 rings (SSSR count). The molecule has 0 unspecified atom stereocenters. The van der Waals surface area contributed by atoms with Gasteiger partial charge in [0.05, 0.1) is 6.54 Å². The maximum atomic E-state index is 11.4. The van der Waals surface area contributed by atoms with Crippen molar-refractivity contribution in [2.24, 2.45) is 5.92 Å². The number of amides is 2. The van der Waals surface area contributed by atoms with Crippen molar-refractivity contribution in [2.45, 2.75) is 0 Å². The maximum Gasteiger partial charge on any atom is 0.407 e. The van der Waals surface area contributed by atoms with Crippen LogP contribution >= 0.6 is 0 Å². The number of rotatable bonds is 2. The van der Waals surface area contributed by atoms with Crippen LogP contribution in [0.2, 0.25) is 0 Å². The van der Waals surface area contributed by atoms with Gasteiger partial charge in [0.2, 0.25) is 5.91 Å². The molecule has 2 N–H and O–H groups in total. The Morgan fingerprint density at radius 2 is 2.27 bits per heavy atom. The highest BCUT2D eigenvalue weighted by Crippen LogP contribution is 2.17. The van der Waals surface area contributed by atoms with Gasteiger partial charge in [0.1, 0.15) is 0 Å². The summed E-state index contributed by atoms with van der Waals surface area (Å²) in [5.74, 6) is 0.443. The smallest absolute Gasteiger partial charge is 0.407 e. The summed E-state index contributed by atoms with van der Waals surface area (Å²) in [4.78, 5) is 25.1. The van der Waals surface area contributed by atoms with Gasteiger partial charge in [-0.15, -0.1) is 0 Å². The van der Waals surface area contributed by atoms with Gasteiger partial charge in [-0.1, -0.05) is 0 Å². The number of likely N-dealkylation sites (tertiary alicyclic amines) is 1. The van der Waals surface area contributed by atoms with Crippen molar-refractivity contribution in [2.75, 3.05) is 39.3 Å². The van der Waals surface area contributed by atoms with E-state index in [1.54, 1.807) is 0 Å². The molecular weight excluding hydrogens is 198 g/mol. The van der Waals surface area contributed by atoms with E-state index in [9.17, 15) is 9.59 Å². The largest absolute Gasteiger partial charge is 0.465 e. The molecule has 6 nitrogen and oxygen atoms in total. The van der Waals surface area contributed by atoms with Crippen LogP contribution in [0.3, 0.4) is 0 Å². The molecule has 2 aliphatic heterocycles. The SMILES string of the molecule is O=C(O)N1CC(CN2CCNCC2=O)C1. The highest BCUT2D eigenvalue weighted by atomic mass is 16.4. The summed E-state index contributed by atoms with van der Waals surface area (Å²) in [6.45, 7) is 3.81. The van der Waals surface area contributed by atoms with E-state index in [-0.39, 0.29) is 5.91 Å². The Morgan fingerprint density at radius 3 is 2.87 bits per heavy atom. The standard InChI is InChI=1S/C9H15N3O3/c13-8-3-10-1-2-11(8)4-7-5-12(6-7)9(14)15/h7,10H,1-6H2,(H,14,15). The number of nitrogens with one attached hydrogen (secondary N) is 1. The van der Waals surface area contributed by atoms with E-state index in [4.69, 9.17) is 5.11 Å². The fourth-order valence-corrected chi connectivity index (χ4v) is 1.99. The molecule has 0 aromatic heterocycles. The average Bonchev–Trinajstić information content (AvgIpc) is 2.12. The Kier molecular flexibility index (Phi) is 2.77. The van der Waals surface area contributed by atoms with Crippen LogP contribution in [0.5, 0.6) is 0 Å².